The van der Waals surface area contributed by atoms with E-state index in [1.807, 2.05) is 11.8 Å². The molecule has 2 unspecified atom stereocenters. The Morgan fingerprint density at radius 1 is 1.50 bits per heavy atom. The molecule has 5 heteroatoms. The zero-order chi connectivity index (χ0) is 13.1. The second-order valence-electron chi connectivity index (χ2n) is 4.56. The number of nitrogens with one attached hydrogen (secondary N) is 1. The van der Waals surface area contributed by atoms with Crippen molar-refractivity contribution in [2.45, 2.75) is 30.6 Å². The molecule has 18 heavy (non-hydrogen) atoms. The highest BCUT2D eigenvalue weighted by Crippen LogP contribution is 2.32. The molecular formula is C13H18N2O2S. The predicted octanol–water partition coefficient (Wildman–Crippen LogP) is 2.66. The first-order valence-corrected chi connectivity index (χ1v) is 7.32. The SMILES string of the molecule is CSC1CCCC1Nc1cc(C(=O)O)ccc1N. The molecule has 2 rings (SSSR count). The molecule has 98 valence electrons. The van der Waals surface area contributed by atoms with Crippen molar-refractivity contribution in [2.75, 3.05) is 17.3 Å². The smallest absolute Gasteiger partial charge is 0.335 e. The Balaban J connectivity index is 2.17. The Kier molecular flexibility index (Phi) is 4.01. The van der Waals surface area contributed by atoms with Crippen molar-refractivity contribution in [1.82, 2.24) is 0 Å². The average molecular weight is 266 g/mol. The number of carbonyl (C=O) groups is 1. The lowest BCUT2D eigenvalue weighted by atomic mass is 10.1. The molecule has 0 heterocycles. The minimum absolute atomic E-state index is 0.269. The van der Waals surface area contributed by atoms with Crippen molar-refractivity contribution < 1.29 is 9.90 Å². The molecule has 0 aliphatic heterocycles. The molecule has 1 aliphatic carbocycles. The van der Waals surface area contributed by atoms with E-state index in [2.05, 4.69) is 11.6 Å². The number of anilines is 2. The maximum atomic E-state index is 10.9. The van der Waals surface area contributed by atoms with Gasteiger partial charge in [0.1, 0.15) is 0 Å². The third-order valence-electron chi connectivity index (χ3n) is 3.40. The zero-order valence-electron chi connectivity index (χ0n) is 10.3. The van der Waals surface area contributed by atoms with Crippen molar-refractivity contribution in [2.24, 2.45) is 0 Å². The molecular weight excluding hydrogens is 248 g/mol. The summed E-state index contributed by atoms with van der Waals surface area (Å²) in [6.07, 6.45) is 5.64. The van der Waals surface area contributed by atoms with E-state index in [9.17, 15) is 4.79 Å². The van der Waals surface area contributed by atoms with E-state index >= 15 is 0 Å². The maximum absolute atomic E-state index is 10.9. The normalized spacial score (nSPS) is 22.9. The van der Waals surface area contributed by atoms with Gasteiger partial charge in [0.15, 0.2) is 0 Å². The summed E-state index contributed by atoms with van der Waals surface area (Å²) >= 11 is 1.86. The lowest BCUT2D eigenvalue weighted by Crippen LogP contribution is -2.26. The van der Waals surface area contributed by atoms with Crippen LogP contribution in [0.2, 0.25) is 0 Å². The third-order valence-corrected chi connectivity index (χ3v) is 4.57. The van der Waals surface area contributed by atoms with Crippen LogP contribution in [0.4, 0.5) is 11.4 Å². The van der Waals surface area contributed by atoms with Crippen LogP contribution in [0.25, 0.3) is 0 Å². The number of thioether (sulfide) groups is 1. The molecule has 1 aromatic rings. The van der Waals surface area contributed by atoms with Gasteiger partial charge in [0.25, 0.3) is 0 Å². The van der Waals surface area contributed by atoms with Crippen molar-refractivity contribution in [3.63, 3.8) is 0 Å². The Bertz CT molecular complexity index is 451. The summed E-state index contributed by atoms with van der Waals surface area (Å²) in [6.45, 7) is 0. The molecule has 0 amide bonds. The number of hydrogen-bond donors (Lipinski definition) is 3. The van der Waals surface area contributed by atoms with E-state index in [0.717, 1.165) is 12.1 Å². The number of nitrogen functional groups attached to an aromatic ring is 1. The van der Waals surface area contributed by atoms with Gasteiger partial charge in [-0.2, -0.15) is 11.8 Å². The molecule has 0 saturated heterocycles. The largest absolute Gasteiger partial charge is 0.478 e. The molecule has 2 atom stereocenters. The van der Waals surface area contributed by atoms with Gasteiger partial charge in [-0.05, 0) is 37.3 Å². The molecule has 4 nitrogen and oxygen atoms in total. The van der Waals surface area contributed by atoms with Crippen LogP contribution in [0, 0.1) is 0 Å². The first-order valence-electron chi connectivity index (χ1n) is 6.04. The third kappa shape index (κ3) is 2.72. The molecule has 0 spiro atoms. The molecule has 0 bridgehead atoms. The molecule has 1 aliphatic rings. The molecule has 1 aromatic carbocycles. The van der Waals surface area contributed by atoms with Crippen LogP contribution in [0.1, 0.15) is 29.6 Å². The Hall–Kier alpha value is -1.36. The van der Waals surface area contributed by atoms with Gasteiger partial charge in [-0.25, -0.2) is 4.79 Å². The van der Waals surface area contributed by atoms with Gasteiger partial charge in [-0.1, -0.05) is 6.42 Å². The van der Waals surface area contributed by atoms with Crippen molar-refractivity contribution in [3.8, 4) is 0 Å². The number of hydrogen-bond acceptors (Lipinski definition) is 4. The predicted molar refractivity (Wildman–Crippen MR) is 76.4 cm³/mol. The fourth-order valence-electron chi connectivity index (χ4n) is 2.39. The van der Waals surface area contributed by atoms with E-state index in [-0.39, 0.29) is 5.56 Å². The molecule has 1 fully saturated rings. The fraction of sp³-hybridized carbons (Fsp3) is 0.462. The lowest BCUT2D eigenvalue weighted by molar-refractivity contribution is 0.0697. The minimum Gasteiger partial charge on any atom is -0.478 e. The van der Waals surface area contributed by atoms with Gasteiger partial charge in [0.05, 0.1) is 16.9 Å². The van der Waals surface area contributed by atoms with Gasteiger partial charge >= 0.3 is 5.97 Å². The van der Waals surface area contributed by atoms with Gasteiger partial charge in [0.2, 0.25) is 0 Å². The highest BCUT2D eigenvalue weighted by molar-refractivity contribution is 7.99. The minimum atomic E-state index is -0.925. The Morgan fingerprint density at radius 3 is 2.94 bits per heavy atom. The van der Waals surface area contributed by atoms with Crippen molar-refractivity contribution in [3.05, 3.63) is 23.8 Å². The van der Waals surface area contributed by atoms with Crippen LogP contribution in [0.3, 0.4) is 0 Å². The lowest BCUT2D eigenvalue weighted by Gasteiger charge is -2.21. The maximum Gasteiger partial charge on any atom is 0.335 e. The summed E-state index contributed by atoms with van der Waals surface area (Å²) in [7, 11) is 0. The molecule has 1 saturated carbocycles. The van der Waals surface area contributed by atoms with E-state index in [0.29, 0.717) is 17.0 Å². The standard InChI is InChI=1S/C13H18N2O2S/c1-18-12-4-2-3-10(12)15-11-7-8(13(16)17)5-6-9(11)14/h5-7,10,12,15H,2-4,14H2,1H3,(H,16,17). The van der Waals surface area contributed by atoms with E-state index in [1.54, 1.807) is 12.1 Å². The number of aromatic carboxylic acids is 1. The highest BCUT2D eigenvalue weighted by Gasteiger charge is 2.26. The van der Waals surface area contributed by atoms with Crippen LogP contribution < -0.4 is 11.1 Å². The fourth-order valence-corrected chi connectivity index (χ4v) is 3.32. The topological polar surface area (TPSA) is 75.3 Å². The average Bonchev–Trinajstić information content (AvgIpc) is 2.79. The number of rotatable bonds is 4. The highest BCUT2D eigenvalue weighted by atomic mass is 32.2. The van der Waals surface area contributed by atoms with E-state index < -0.39 is 5.97 Å². The number of carboxylic acid groups (broad SMARTS) is 1. The van der Waals surface area contributed by atoms with E-state index in [1.165, 1.54) is 18.9 Å². The summed E-state index contributed by atoms with van der Waals surface area (Å²) in [5, 5.41) is 13.0. The molecule has 0 radical (unpaired) electrons. The van der Waals surface area contributed by atoms with E-state index in [4.69, 9.17) is 10.8 Å². The van der Waals surface area contributed by atoms with Crippen LogP contribution in [0.15, 0.2) is 18.2 Å². The summed E-state index contributed by atoms with van der Waals surface area (Å²) in [4.78, 5) is 10.9. The molecule has 4 N–H and O–H groups in total. The summed E-state index contributed by atoms with van der Waals surface area (Å²) in [6, 6.07) is 5.18. The summed E-state index contributed by atoms with van der Waals surface area (Å²) < 4.78 is 0. The number of benzene rings is 1. The Labute approximate surface area is 111 Å². The quantitative estimate of drug-likeness (QED) is 0.730. The van der Waals surface area contributed by atoms with Crippen LogP contribution in [-0.4, -0.2) is 28.6 Å². The van der Waals surface area contributed by atoms with Crippen LogP contribution in [-0.2, 0) is 0 Å². The van der Waals surface area contributed by atoms with Crippen LogP contribution in [0.5, 0.6) is 0 Å². The monoisotopic (exact) mass is 266 g/mol. The van der Waals surface area contributed by atoms with Gasteiger partial charge in [0, 0.05) is 11.3 Å². The molecule has 0 aromatic heterocycles. The number of carboxylic acids is 1. The van der Waals surface area contributed by atoms with Gasteiger partial charge in [-0.3, -0.25) is 0 Å². The summed E-state index contributed by atoms with van der Waals surface area (Å²) in [5.41, 5.74) is 7.50. The van der Waals surface area contributed by atoms with Crippen molar-refractivity contribution >= 4 is 29.1 Å². The van der Waals surface area contributed by atoms with Crippen LogP contribution >= 0.6 is 11.8 Å². The van der Waals surface area contributed by atoms with Gasteiger partial charge in [-0.15, -0.1) is 0 Å². The first kappa shape index (κ1) is 13.1. The summed E-state index contributed by atoms with van der Waals surface area (Å²) in [5.74, 6) is -0.925. The number of nitrogens with two attached hydrogens (primary N) is 1. The first-order chi connectivity index (χ1) is 8.61. The second-order valence-corrected chi connectivity index (χ2v) is 5.64. The zero-order valence-corrected chi connectivity index (χ0v) is 11.2. The second kappa shape index (κ2) is 5.52. The Morgan fingerprint density at radius 2 is 2.28 bits per heavy atom. The van der Waals surface area contributed by atoms with Gasteiger partial charge < -0.3 is 16.2 Å². The van der Waals surface area contributed by atoms with Crippen molar-refractivity contribution in [1.29, 1.82) is 0 Å².